The SMILES string of the molecule is Clc1ccc(Nc2ncnc3scc(-c4ccccc4)c23)c(Cl)c1. The quantitative estimate of drug-likeness (QED) is 0.452. The van der Waals surface area contributed by atoms with E-state index < -0.39 is 0 Å². The third-order valence-corrected chi connectivity index (χ3v) is 5.07. The fourth-order valence-electron chi connectivity index (χ4n) is 2.52. The lowest BCUT2D eigenvalue weighted by molar-refractivity contribution is 1.23. The molecule has 0 unspecified atom stereocenters. The minimum Gasteiger partial charge on any atom is -0.338 e. The van der Waals surface area contributed by atoms with Gasteiger partial charge in [0.25, 0.3) is 0 Å². The summed E-state index contributed by atoms with van der Waals surface area (Å²) in [6, 6.07) is 15.5. The first-order valence-electron chi connectivity index (χ1n) is 7.22. The Balaban J connectivity index is 1.85. The predicted molar refractivity (Wildman–Crippen MR) is 103 cm³/mol. The van der Waals surface area contributed by atoms with Crippen LogP contribution in [0.1, 0.15) is 0 Å². The average molecular weight is 372 g/mol. The van der Waals surface area contributed by atoms with Gasteiger partial charge in [-0.05, 0) is 23.8 Å². The van der Waals surface area contributed by atoms with Gasteiger partial charge < -0.3 is 5.32 Å². The normalized spacial score (nSPS) is 10.9. The van der Waals surface area contributed by atoms with Crippen molar-refractivity contribution < 1.29 is 0 Å². The Kier molecular flexibility index (Phi) is 4.10. The molecule has 0 saturated heterocycles. The van der Waals surface area contributed by atoms with Crippen LogP contribution >= 0.6 is 34.5 Å². The number of nitrogens with one attached hydrogen (secondary N) is 1. The fraction of sp³-hybridized carbons (Fsp3) is 0. The summed E-state index contributed by atoms with van der Waals surface area (Å²) in [4.78, 5) is 9.72. The van der Waals surface area contributed by atoms with Crippen LogP contribution in [0.25, 0.3) is 21.3 Å². The van der Waals surface area contributed by atoms with E-state index >= 15 is 0 Å². The van der Waals surface area contributed by atoms with Crippen molar-refractivity contribution in [3.63, 3.8) is 0 Å². The number of anilines is 2. The van der Waals surface area contributed by atoms with Crippen LogP contribution in [0.3, 0.4) is 0 Å². The molecule has 6 heteroatoms. The van der Waals surface area contributed by atoms with E-state index in [0.29, 0.717) is 10.0 Å². The van der Waals surface area contributed by atoms with Gasteiger partial charge in [-0.2, -0.15) is 0 Å². The van der Waals surface area contributed by atoms with Gasteiger partial charge in [-0.1, -0.05) is 53.5 Å². The van der Waals surface area contributed by atoms with Crippen LogP contribution in [0.15, 0.2) is 60.2 Å². The first-order chi connectivity index (χ1) is 11.7. The Labute approximate surface area is 152 Å². The van der Waals surface area contributed by atoms with Crippen molar-refractivity contribution in [1.29, 1.82) is 0 Å². The average Bonchev–Trinajstić information content (AvgIpc) is 3.03. The van der Waals surface area contributed by atoms with Gasteiger partial charge >= 0.3 is 0 Å². The third-order valence-electron chi connectivity index (χ3n) is 3.64. The van der Waals surface area contributed by atoms with Gasteiger partial charge in [-0.25, -0.2) is 9.97 Å². The van der Waals surface area contributed by atoms with Crippen LogP contribution in [0.2, 0.25) is 10.0 Å². The van der Waals surface area contributed by atoms with E-state index in [-0.39, 0.29) is 0 Å². The second-order valence-electron chi connectivity index (χ2n) is 5.17. The molecule has 4 aromatic rings. The zero-order chi connectivity index (χ0) is 16.5. The van der Waals surface area contributed by atoms with Crippen LogP contribution in [0, 0.1) is 0 Å². The lowest BCUT2D eigenvalue weighted by Crippen LogP contribution is -1.96. The Morgan fingerprint density at radius 3 is 2.58 bits per heavy atom. The van der Waals surface area contributed by atoms with Crippen LogP contribution in [-0.4, -0.2) is 9.97 Å². The van der Waals surface area contributed by atoms with Crippen LogP contribution in [-0.2, 0) is 0 Å². The van der Waals surface area contributed by atoms with Gasteiger partial charge in [-0.3, -0.25) is 0 Å². The second kappa shape index (κ2) is 6.40. The highest BCUT2D eigenvalue weighted by molar-refractivity contribution is 7.17. The van der Waals surface area contributed by atoms with Crippen molar-refractivity contribution in [2.75, 3.05) is 5.32 Å². The van der Waals surface area contributed by atoms with Crippen LogP contribution < -0.4 is 5.32 Å². The summed E-state index contributed by atoms with van der Waals surface area (Å²) in [5, 5.41) is 7.53. The number of benzene rings is 2. The van der Waals surface area contributed by atoms with Crippen molar-refractivity contribution in [2.45, 2.75) is 0 Å². The number of nitrogens with zero attached hydrogens (tertiary/aromatic N) is 2. The number of rotatable bonds is 3. The van der Waals surface area contributed by atoms with Crippen LogP contribution in [0.5, 0.6) is 0 Å². The van der Waals surface area contributed by atoms with E-state index in [0.717, 1.165) is 32.8 Å². The minimum absolute atomic E-state index is 0.547. The van der Waals surface area contributed by atoms with Gasteiger partial charge in [0.15, 0.2) is 0 Å². The second-order valence-corrected chi connectivity index (χ2v) is 6.87. The molecule has 2 heterocycles. The van der Waals surface area contributed by atoms with Gasteiger partial charge in [-0.15, -0.1) is 11.3 Å². The zero-order valence-corrected chi connectivity index (χ0v) is 14.7. The maximum absolute atomic E-state index is 6.27. The first-order valence-corrected chi connectivity index (χ1v) is 8.85. The summed E-state index contributed by atoms with van der Waals surface area (Å²) in [5.74, 6) is 0.726. The maximum atomic E-state index is 6.27. The molecule has 0 amide bonds. The Morgan fingerprint density at radius 2 is 1.79 bits per heavy atom. The molecule has 0 aliphatic carbocycles. The minimum atomic E-state index is 0.547. The molecule has 3 nitrogen and oxygen atoms in total. The summed E-state index contributed by atoms with van der Waals surface area (Å²) in [6.45, 7) is 0. The Hall–Kier alpha value is -2.14. The monoisotopic (exact) mass is 371 g/mol. The summed E-state index contributed by atoms with van der Waals surface area (Å²) < 4.78 is 0. The first kappa shape index (κ1) is 15.4. The number of thiophene rings is 1. The zero-order valence-electron chi connectivity index (χ0n) is 12.3. The lowest BCUT2D eigenvalue weighted by Gasteiger charge is -2.10. The molecule has 4 rings (SSSR count). The van der Waals surface area contributed by atoms with E-state index in [1.165, 1.54) is 0 Å². The smallest absolute Gasteiger partial charge is 0.143 e. The lowest BCUT2D eigenvalue weighted by atomic mass is 10.1. The van der Waals surface area contributed by atoms with Crippen LogP contribution in [0.4, 0.5) is 11.5 Å². The molecule has 0 atom stereocenters. The maximum Gasteiger partial charge on any atom is 0.143 e. The van der Waals surface area contributed by atoms with Gasteiger partial charge in [0.2, 0.25) is 0 Å². The number of hydrogen-bond acceptors (Lipinski definition) is 4. The van der Waals surface area contributed by atoms with E-state index in [2.05, 4.69) is 32.8 Å². The van der Waals surface area contributed by atoms with E-state index in [9.17, 15) is 0 Å². The van der Waals surface area contributed by atoms with E-state index in [1.54, 1.807) is 29.8 Å². The molecule has 24 heavy (non-hydrogen) atoms. The largest absolute Gasteiger partial charge is 0.338 e. The highest BCUT2D eigenvalue weighted by Gasteiger charge is 2.14. The third kappa shape index (κ3) is 2.84. The van der Waals surface area contributed by atoms with Crippen molar-refractivity contribution in [1.82, 2.24) is 9.97 Å². The molecule has 2 aromatic carbocycles. The van der Waals surface area contributed by atoms with Crippen molar-refractivity contribution in [3.05, 3.63) is 70.3 Å². The molecule has 0 radical (unpaired) electrons. The molecule has 2 aromatic heterocycles. The number of halogens is 2. The molecule has 0 bridgehead atoms. The van der Waals surface area contributed by atoms with Gasteiger partial charge in [0.1, 0.15) is 17.0 Å². The predicted octanol–water partition coefficient (Wildman–Crippen LogP) is 6.41. The van der Waals surface area contributed by atoms with Crippen molar-refractivity contribution in [2.24, 2.45) is 0 Å². The highest BCUT2D eigenvalue weighted by atomic mass is 35.5. The molecule has 0 saturated carbocycles. The van der Waals surface area contributed by atoms with Gasteiger partial charge in [0, 0.05) is 16.0 Å². The number of hydrogen-bond donors (Lipinski definition) is 1. The van der Waals surface area contributed by atoms with Gasteiger partial charge in [0.05, 0.1) is 16.1 Å². The fourth-order valence-corrected chi connectivity index (χ4v) is 3.89. The molecule has 0 aliphatic rings. The molecular weight excluding hydrogens is 361 g/mol. The highest BCUT2D eigenvalue weighted by Crippen LogP contribution is 2.38. The standard InChI is InChI=1S/C18H11Cl2N3S/c19-12-6-7-15(14(20)8-12)23-17-16-13(11-4-2-1-3-5-11)9-24-18(16)22-10-21-17/h1-10H,(H,21,22,23). The molecule has 0 aliphatic heterocycles. The topological polar surface area (TPSA) is 37.8 Å². The van der Waals surface area contributed by atoms with E-state index in [1.807, 2.05) is 24.3 Å². The Bertz CT molecular complexity index is 1020. The molecule has 1 N–H and O–H groups in total. The molecule has 0 fully saturated rings. The Morgan fingerprint density at radius 1 is 0.958 bits per heavy atom. The summed E-state index contributed by atoms with van der Waals surface area (Å²) >= 11 is 13.8. The number of aromatic nitrogens is 2. The summed E-state index contributed by atoms with van der Waals surface area (Å²) in [6.07, 6.45) is 1.56. The molecule has 0 spiro atoms. The number of fused-ring (bicyclic) bond motifs is 1. The van der Waals surface area contributed by atoms with Crippen molar-refractivity contribution >= 4 is 56.3 Å². The van der Waals surface area contributed by atoms with Crippen molar-refractivity contribution in [3.8, 4) is 11.1 Å². The molecule has 118 valence electrons. The summed E-state index contributed by atoms with van der Waals surface area (Å²) in [7, 11) is 0. The summed E-state index contributed by atoms with van der Waals surface area (Å²) in [5.41, 5.74) is 2.99. The molecular formula is C18H11Cl2N3S. The van der Waals surface area contributed by atoms with E-state index in [4.69, 9.17) is 23.2 Å².